The van der Waals surface area contributed by atoms with Crippen LogP contribution in [0.3, 0.4) is 0 Å². The van der Waals surface area contributed by atoms with Crippen LogP contribution in [-0.4, -0.2) is 79.1 Å². The lowest BCUT2D eigenvalue weighted by Gasteiger charge is -2.36. The van der Waals surface area contributed by atoms with E-state index in [9.17, 15) is 9.59 Å². The number of piperidine rings is 1. The predicted molar refractivity (Wildman–Crippen MR) is 127 cm³/mol. The van der Waals surface area contributed by atoms with Crippen molar-refractivity contribution in [3.8, 4) is 0 Å². The molecule has 3 rings (SSSR count). The number of likely N-dealkylation sites (tertiary alicyclic amines) is 1. The predicted octanol–water partition coefficient (Wildman–Crippen LogP) is 3.02. The van der Waals surface area contributed by atoms with Crippen molar-refractivity contribution in [2.45, 2.75) is 39.0 Å². The SMILES string of the molecule is CCOC(=O)CC1CCN(C(=O)CCCN2CCN(c3ccncc3)CC2)CC1.Cl.Cl. The molecular weight excluding hydrogens is 439 g/mol. The average Bonchev–Trinajstić information content (AvgIpc) is 2.75. The Labute approximate surface area is 198 Å². The molecule has 31 heavy (non-hydrogen) atoms. The molecule has 0 aliphatic carbocycles. The summed E-state index contributed by atoms with van der Waals surface area (Å²) in [6.07, 6.45) is 7.51. The van der Waals surface area contributed by atoms with E-state index in [0.717, 1.165) is 65.1 Å². The Bertz CT molecular complexity index is 649. The van der Waals surface area contributed by atoms with Gasteiger partial charge in [0.05, 0.1) is 6.61 Å². The van der Waals surface area contributed by atoms with Gasteiger partial charge < -0.3 is 14.5 Å². The molecule has 0 aromatic carbocycles. The van der Waals surface area contributed by atoms with Gasteiger partial charge >= 0.3 is 5.97 Å². The maximum Gasteiger partial charge on any atom is 0.306 e. The minimum atomic E-state index is -0.110. The van der Waals surface area contributed by atoms with Crippen LogP contribution in [0.4, 0.5) is 5.69 Å². The lowest BCUT2D eigenvalue weighted by Crippen LogP contribution is -2.46. The van der Waals surface area contributed by atoms with E-state index >= 15 is 0 Å². The van der Waals surface area contributed by atoms with E-state index in [0.29, 0.717) is 25.4 Å². The number of carbonyl (C=O) groups is 2. The molecule has 0 radical (unpaired) electrons. The van der Waals surface area contributed by atoms with Crippen molar-refractivity contribution >= 4 is 42.4 Å². The van der Waals surface area contributed by atoms with Crippen LogP contribution in [0.2, 0.25) is 0 Å². The van der Waals surface area contributed by atoms with Gasteiger partial charge in [0.15, 0.2) is 0 Å². The van der Waals surface area contributed by atoms with Gasteiger partial charge in [0.1, 0.15) is 0 Å². The Kier molecular flexibility index (Phi) is 12.8. The molecule has 7 nitrogen and oxygen atoms in total. The number of esters is 1. The number of amides is 1. The highest BCUT2D eigenvalue weighted by atomic mass is 35.5. The minimum Gasteiger partial charge on any atom is -0.466 e. The van der Waals surface area contributed by atoms with Crippen LogP contribution in [0.15, 0.2) is 24.5 Å². The van der Waals surface area contributed by atoms with Crippen LogP contribution in [-0.2, 0) is 14.3 Å². The molecule has 176 valence electrons. The topological polar surface area (TPSA) is 66.0 Å². The van der Waals surface area contributed by atoms with Crippen LogP contribution in [0.25, 0.3) is 0 Å². The van der Waals surface area contributed by atoms with E-state index in [1.165, 1.54) is 5.69 Å². The van der Waals surface area contributed by atoms with E-state index in [1.807, 2.05) is 24.2 Å². The van der Waals surface area contributed by atoms with Crippen LogP contribution in [0.5, 0.6) is 0 Å². The van der Waals surface area contributed by atoms with Crippen molar-refractivity contribution in [2.75, 3.05) is 57.3 Å². The Balaban J connectivity index is 0.00000240. The zero-order chi connectivity index (χ0) is 20.5. The first-order valence-electron chi connectivity index (χ1n) is 11.0. The fraction of sp³-hybridized carbons (Fsp3) is 0.682. The van der Waals surface area contributed by atoms with Gasteiger partial charge in [-0.05, 0) is 50.8 Å². The summed E-state index contributed by atoms with van der Waals surface area (Å²) in [4.78, 5) is 35.0. The second-order valence-corrected chi connectivity index (χ2v) is 7.97. The highest BCUT2D eigenvalue weighted by molar-refractivity contribution is 5.85. The number of hydrogen-bond acceptors (Lipinski definition) is 6. The van der Waals surface area contributed by atoms with Gasteiger partial charge in [-0.3, -0.25) is 19.5 Å². The Morgan fingerprint density at radius 1 is 1.03 bits per heavy atom. The fourth-order valence-electron chi connectivity index (χ4n) is 4.24. The second-order valence-electron chi connectivity index (χ2n) is 7.97. The molecule has 0 unspecified atom stereocenters. The maximum absolute atomic E-state index is 12.5. The van der Waals surface area contributed by atoms with E-state index in [2.05, 4.69) is 26.9 Å². The molecule has 9 heteroatoms. The molecule has 1 amide bonds. The molecule has 1 aromatic heterocycles. The number of aromatic nitrogens is 1. The summed E-state index contributed by atoms with van der Waals surface area (Å²) in [5.74, 6) is 0.506. The van der Waals surface area contributed by atoms with Gasteiger partial charge in [-0.1, -0.05) is 0 Å². The summed E-state index contributed by atoms with van der Waals surface area (Å²) in [5.41, 5.74) is 1.24. The van der Waals surface area contributed by atoms with Gasteiger partial charge in [0.25, 0.3) is 0 Å². The maximum atomic E-state index is 12.5. The summed E-state index contributed by atoms with van der Waals surface area (Å²) in [5, 5.41) is 0. The number of halogens is 2. The summed E-state index contributed by atoms with van der Waals surface area (Å²) < 4.78 is 5.03. The normalized spacial score (nSPS) is 17.5. The number of ether oxygens (including phenoxy) is 1. The van der Waals surface area contributed by atoms with E-state index < -0.39 is 0 Å². The monoisotopic (exact) mass is 474 g/mol. The van der Waals surface area contributed by atoms with Gasteiger partial charge in [0, 0.05) is 70.2 Å². The van der Waals surface area contributed by atoms with Crippen molar-refractivity contribution in [2.24, 2.45) is 5.92 Å². The molecule has 2 fully saturated rings. The first-order chi connectivity index (χ1) is 14.2. The number of anilines is 1. The zero-order valence-electron chi connectivity index (χ0n) is 18.4. The highest BCUT2D eigenvalue weighted by Crippen LogP contribution is 2.22. The smallest absolute Gasteiger partial charge is 0.306 e. The first-order valence-corrected chi connectivity index (χ1v) is 11.0. The van der Waals surface area contributed by atoms with Gasteiger partial charge in [-0.15, -0.1) is 24.8 Å². The molecule has 0 atom stereocenters. The number of rotatable bonds is 8. The van der Waals surface area contributed by atoms with Gasteiger partial charge in [0.2, 0.25) is 5.91 Å². The fourth-order valence-corrected chi connectivity index (χ4v) is 4.24. The Hall–Kier alpha value is -1.57. The Morgan fingerprint density at radius 3 is 2.29 bits per heavy atom. The van der Waals surface area contributed by atoms with Crippen LogP contribution in [0, 0.1) is 5.92 Å². The largest absolute Gasteiger partial charge is 0.466 e. The second kappa shape index (κ2) is 14.5. The summed E-state index contributed by atoms with van der Waals surface area (Å²) in [7, 11) is 0. The van der Waals surface area contributed by atoms with Gasteiger partial charge in [-0.2, -0.15) is 0 Å². The molecule has 2 saturated heterocycles. The Morgan fingerprint density at radius 2 is 1.68 bits per heavy atom. The summed E-state index contributed by atoms with van der Waals surface area (Å²) >= 11 is 0. The van der Waals surface area contributed by atoms with E-state index in [1.54, 1.807) is 0 Å². The third-order valence-electron chi connectivity index (χ3n) is 5.99. The lowest BCUT2D eigenvalue weighted by molar-refractivity contribution is -0.144. The van der Waals surface area contributed by atoms with Crippen LogP contribution in [0.1, 0.15) is 39.0 Å². The number of carbonyl (C=O) groups excluding carboxylic acids is 2. The molecule has 3 heterocycles. The summed E-state index contributed by atoms with van der Waals surface area (Å²) in [6.45, 7) is 8.91. The molecule has 2 aliphatic rings. The van der Waals surface area contributed by atoms with Crippen molar-refractivity contribution in [1.29, 1.82) is 0 Å². The summed E-state index contributed by atoms with van der Waals surface area (Å²) in [6, 6.07) is 4.12. The number of piperazine rings is 1. The molecule has 0 saturated carbocycles. The number of pyridine rings is 1. The quantitative estimate of drug-likeness (QED) is 0.539. The molecule has 0 spiro atoms. The third-order valence-corrected chi connectivity index (χ3v) is 5.99. The third kappa shape index (κ3) is 8.83. The minimum absolute atomic E-state index is 0. The number of nitrogens with zero attached hydrogens (tertiary/aromatic N) is 4. The highest BCUT2D eigenvalue weighted by Gasteiger charge is 2.25. The number of hydrogen-bond donors (Lipinski definition) is 0. The lowest BCUT2D eigenvalue weighted by atomic mass is 9.93. The van der Waals surface area contributed by atoms with Crippen molar-refractivity contribution < 1.29 is 14.3 Å². The van der Waals surface area contributed by atoms with Crippen molar-refractivity contribution in [3.63, 3.8) is 0 Å². The standard InChI is InChI=1S/C22H34N4O3.2ClH/c1-2-29-22(28)18-19-7-12-26(13-8-19)21(27)4-3-11-24-14-16-25(17-15-24)20-5-9-23-10-6-20;;/h5-6,9-10,19H,2-4,7-8,11-18H2,1H3;2*1H. The molecular formula is C22H36Cl2N4O3. The van der Waals surface area contributed by atoms with Crippen molar-refractivity contribution in [1.82, 2.24) is 14.8 Å². The van der Waals surface area contributed by atoms with Crippen LogP contribution >= 0.6 is 24.8 Å². The van der Waals surface area contributed by atoms with Crippen molar-refractivity contribution in [3.05, 3.63) is 24.5 Å². The van der Waals surface area contributed by atoms with Crippen LogP contribution < -0.4 is 4.90 Å². The average molecular weight is 475 g/mol. The molecule has 2 aliphatic heterocycles. The zero-order valence-corrected chi connectivity index (χ0v) is 20.0. The molecule has 1 aromatic rings. The molecule has 0 bridgehead atoms. The van der Waals surface area contributed by atoms with E-state index in [-0.39, 0.29) is 36.7 Å². The van der Waals surface area contributed by atoms with Gasteiger partial charge in [-0.25, -0.2) is 0 Å². The first kappa shape index (κ1) is 27.5. The van der Waals surface area contributed by atoms with E-state index in [4.69, 9.17) is 4.74 Å². The molecule has 0 N–H and O–H groups in total.